The van der Waals surface area contributed by atoms with E-state index in [4.69, 9.17) is 4.74 Å². The minimum Gasteiger partial charge on any atom is -0.497 e. The summed E-state index contributed by atoms with van der Waals surface area (Å²) in [6.07, 6.45) is 1.86. The maximum atomic E-state index is 11.3. The molecule has 5 nitrogen and oxygen atoms in total. The van der Waals surface area contributed by atoms with E-state index in [1.165, 1.54) is 5.69 Å². The number of rotatable bonds is 3. The fourth-order valence-electron chi connectivity index (χ4n) is 2.97. The monoisotopic (exact) mass is 275 g/mol. The van der Waals surface area contributed by atoms with E-state index in [2.05, 4.69) is 27.2 Å². The van der Waals surface area contributed by atoms with Gasteiger partial charge in [-0.3, -0.25) is 9.69 Å². The Morgan fingerprint density at radius 1 is 1.25 bits per heavy atom. The lowest BCUT2D eigenvalue weighted by molar-refractivity contribution is -0.119. The van der Waals surface area contributed by atoms with Crippen LogP contribution in [0, 0.1) is 0 Å². The van der Waals surface area contributed by atoms with Crippen LogP contribution in [0.4, 0.5) is 5.69 Å². The molecule has 1 unspecified atom stereocenters. The number of anilines is 1. The van der Waals surface area contributed by atoms with E-state index in [-0.39, 0.29) is 12.1 Å². The van der Waals surface area contributed by atoms with E-state index in [1.54, 1.807) is 7.11 Å². The molecule has 20 heavy (non-hydrogen) atoms. The third-order valence-corrected chi connectivity index (χ3v) is 4.15. The predicted molar refractivity (Wildman–Crippen MR) is 77.9 cm³/mol. The van der Waals surface area contributed by atoms with Crippen molar-refractivity contribution < 1.29 is 9.53 Å². The molecule has 1 amide bonds. The second-order valence-corrected chi connectivity index (χ2v) is 5.35. The van der Waals surface area contributed by atoms with Crippen molar-refractivity contribution >= 4 is 11.6 Å². The molecule has 0 spiro atoms. The number of nitrogens with one attached hydrogen (secondary N) is 1. The summed E-state index contributed by atoms with van der Waals surface area (Å²) in [5.74, 6) is 1.08. The molecule has 5 heteroatoms. The van der Waals surface area contributed by atoms with Crippen LogP contribution >= 0.6 is 0 Å². The van der Waals surface area contributed by atoms with Gasteiger partial charge in [0.15, 0.2) is 0 Å². The van der Waals surface area contributed by atoms with Crippen LogP contribution in [0.25, 0.3) is 0 Å². The van der Waals surface area contributed by atoms with E-state index in [9.17, 15) is 4.79 Å². The number of carbonyl (C=O) groups is 1. The average molecular weight is 275 g/mol. The molecule has 1 aromatic carbocycles. The van der Waals surface area contributed by atoms with Gasteiger partial charge in [-0.1, -0.05) is 6.07 Å². The number of ether oxygens (including phenoxy) is 1. The molecule has 0 radical (unpaired) electrons. The number of hydrogen-bond donors (Lipinski definition) is 1. The van der Waals surface area contributed by atoms with Crippen LogP contribution in [-0.4, -0.2) is 50.3 Å². The van der Waals surface area contributed by atoms with E-state index in [0.29, 0.717) is 6.42 Å². The van der Waals surface area contributed by atoms with E-state index < -0.39 is 0 Å². The van der Waals surface area contributed by atoms with Crippen molar-refractivity contribution in [3.8, 4) is 5.75 Å². The number of nitrogens with zero attached hydrogens (tertiary/aromatic N) is 2. The van der Waals surface area contributed by atoms with Gasteiger partial charge in [0.25, 0.3) is 0 Å². The van der Waals surface area contributed by atoms with Crippen molar-refractivity contribution in [3.63, 3.8) is 0 Å². The highest BCUT2D eigenvalue weighted by Crippen LogP contribution is 2.23. The second kappa shape index (κ2) is 5.71. The molecule has 1 aromatic rings. The molecule has 0 bridgehead atoms. The van der Waals surface area contributed by atoms with Crippen LogP contribution in [0.15, 0.2) is 24.3 Å². The summed E-state index contributed by atoms with van der Waals surface area (Å²) < 4.78 is 5.28. The third-order valence-electron chi connectivity index (χ3n) is 4.15. The van der Waals surface area contributed by atoms with E-state index in [0.717, 1.165) is 38.3 Å². The topological polar surface area (TPSA) is 44.8 Å². The van der Waals surface area contributed by atoms with Crippen LogP contribution in [0.2, 0.25) is 0 Å². The van der Waals surface area contributed by atoms with Gasteiger partial charge in [-0.25, -0.2) is 0 Å². The summed E-state index contributed by atoms with van der Waals surface area (Å²) in [6.45, 7) is 3.95. The Balaban J connectivity index is 1.59. The normalized spacial score (nSPS) is 23.8. The first-order valence-corrected chi connectivity index (χ1v) is 7.19. The first kappa shape index (κ1) is 13.2. The van der Waals surface area contributed by atoms with Crippen LogP contribution < -0.4 is 15.0 Å². The van der Waals surface area contributed by atoms with Gasteiger partial charge in [-0.2, -0.15) is 0 Å². The van der Waals surface area contributed by atoms with Crippen molar-refractivity contribution in [2.45, 2.75) is 19.0 Å². The van der Waals surface area contributed by atoms with Crippen molar-refractivity contribution in [1.29, 1.82) is 0 Å². The van der Waals surface area contributed by atoms with Gasteiger partial charge < -0.3 is 15.0 Å². The molecule has 0 saturated carbocycles. The number of amides is 1. The Labute approximate surface area is 119 Å². The number of methoxy groups -OCH3 is 1. The highest BCUT2D eigenvalue weighted by Gasteiger charge is 2.29. The molecular formula is C15H21N3O2. The number of piperazine rings is 1. The fraction of sp³-hybridized carbons (Fsp3) is 0.533. The van der Waals surface area contributed by atoms with Crippen molar-refractivity contribution in [2.24, 2.45) is 0 Å². The van der Waals surface area contributed by atoms with Crippen molar-refractivity contribution in [3.05, 3.63) is 24.3 Å². The Hall–Kier alpha value is -1.75. The van der Waals surface area contributed by atoms with Gasteiger partial charge in [-0.15, -0.1) is 0 Å². The molecule has 2 aliphatic heterocycles. The SMILES string of the molecule is COc1cccc(N2CCN(C3CCC(=O)N3)CC2)c1. The zero-order valence-corrected chi connectivity index (χ0v) is 11.8. The predicted octanol–water partition coefficient (Wildman–Crippen LogP) is 1.05. The molecule has 0 aliphatic carbocycles. The highest BCUT2D eigenvalue weighted by atomic mass is 16.5. The van der Waals surface area contributed by atoms with Gasteiger partial charge in [-0.05, 0) is 18.6 Å². The Kier molecular flexibility index (Phi) is 3.78. The zero-order chi connectivity index (χ0) is 13.9. The fourth-order valence-corrected chi connectivity index (χ4v) is 2.97. The number of carbonyl (C=O) groups excluding carboxylic acids is 1. The van der Waals surface area contributed by atoms with Gasteiger partial charge in [0.2, 0.25) is 5.91 Å². The average Bonchev–Trinajstić information content (AvgIpc) is 2.94. The molecule has 2 aliphatic rings. The van der Waals surface area contributed by atoms with Crippen LogP contribution in [0.5, 0.6) is 5.75 Å². The third kappa shape index (κ3) is 2.72. The summed E-state index contributed by atoms with van der Waals surface area (Å²) in [5.41, 5.74) is 1.21. The summed E-state index contributed by atoms with van der Waals surface area (Å²) in [4.78, 5) is 16.0. The van der Waals surface area contributed by atoms with Gasteiger partial charge in [0.05, 0.1) is 13.3 Å². The lowest BCUT2D eigenvalue weighted by Crippen LogP contribution is -2.53. The van der Waals surface area contributed by atoms with Crippen molar-refractivity contribution in [2.75, 3.05) is 38.2 Å². The van der Waals surface area contributed by atoms with Crippen LogP contribution in [-0.2, 0) is 4.79 Å². The van der Waals surface area contributed by atoms with Gasteiger partial charge in [0, 0.05) is 44.4 Å². The summed E-state index contributed by atoms with van der Waals surface area (Å²) in [5, 5.41) is 3.04. The van der Waals surface area contributed by atoms with Gasteiger partial charge in [0.1, 0.15) is 5.75 Å². The first-order chi connectivity index (χ1) is 9.76. The van der Waals surface area contributed by atoms with E-state index in [1.807, 2.05) is 12.1 Å². The van der Waals surface area contributed by atoms with Gasteiger partial charge >= 0.3 is 0 Å². The summed E-state index contributed by atoms with van der Waals surface area (Å²) in [7, 11) is 1.69. The summed E-state index contributed by atoms with van der Waals surface area (Å²) in [6, 6.07) is 8.19. The zero-order valence-electron chi connectivity index (χ0n) is 11.8. The molecular weight excluding hydrogens is 254 g/mol. The Morgan fingerprint density at radius 3 is 2.70 bits per heavy atom. The molecule has 2 fully saturated rings. The van der Waals surface area contributed by atoms with Crippen molar-refractivity contribution in [1.82, 2.24) is 10.2 Å². The largest absolute Gasteiger partial charge is 0.497 e. The Morgan fingerprint density at radius 2 is 2.05 bits per heavy atom. The lowest BCUT2D eigenvalue weighted by Gasteiger charge is -2.38. The molecule has 0 aromatic heterocycles. The maximum Gasteiger partial charge on any atom is 0.221 e. The lowest BCUT2D eigenvalue weighted by atomic mass is 10.2. The quantitative estimate of drug-likeness (QED) is 0.896. The second-order valence-electron chi connectivity index (χ2n) is 5.35. The molecule has 2 heterocycles. The minimum atomic E-state index is 0.185. The smallest absolute Gasteiger partial charge is 0.221 e. The number of benzene rings is 1. The van der Waals surface area contributed by atoms with E-state index >= 15 is 0 Å². The molecule has 2 saturated heterocycles. The minimum absolute atomic E-state index is 0.185. The molecule has 1 N–H and O–H groups in total. The Bertz CT molecular complexity index is 484. The molecule has 108 valence electrons. The standard InChI is InChI=1S/C15H21N3O2/c1-20-13-4-2-3-12(11-13)17-7-9-18(10-8-17)14-5-6-15(19)16-14/h2-4,11,14H,5-10H2,1H3,(H,16,19). The van der Waals surface area contributed by atoms with Crippen LogP contribution in [0.3, 0.4) is 0 Å². The number of hydrogen-bond acceptors (Lipinski definition) is 4. The first-order valence-electron chi connectivity index (χ1n) is 7.19. The molecule has 1 atom stereocenters. The highest BCUT2D eigenvalue weighted by molar-refractivity contribution is 5.78. The summed E-state index contributed by atoms with van der Waals surface area (Å²) >= 11 is 0. The van der Waals surface area contributed by atoms with Crippen LogP contribution in [0.1, 0.15) is 12.8 Å². The maximum absolute atomic E-state index is 11.3. The molecule has 3 rings (SSSR count).